The van der Waals surface area contributed by atoms with Crippen molar-refractivity contribution >= 4 is 71.5 Å². The molecule has 0 aromatic heterocycles. The minimum Gasteiger partial charge on any atom is -0.458 e. The predicted octanol–water partition coefficient (Wildman–Crippen LogP) is -1.64. The second kappa shape index (κ2) is 12.2. The Balaban J connectivity index is 1.68. The Bertz CT molecular complexity index is 1360. The third-order valence-electron chi connectivity index (χ3n) is 15.5. The number of Topliss-reactive ketones (excluding diaryl/α,β-unsaturated/α-hetero) is 1. The Hall–Kier alpha value is -0.800. The molecule has 4 fully saturated rings. The van der Waals surface area contributed by atoms with E-state index in [4.69, 9.17) is 17.4 Å². The molecule has 5 aliphatic carbocycles. The summed E-state index contributed by atoms with van der Waals surface area (Å²) >= 11 is 5.18. The lowest BCUT2D eigenvalue weighted by Crippen LogP contribution is -2.73. The standard InChI is InChI=1S/C33H56B6O7S/c1-5-16(4)27(45)46-26-18(12-20(41)15(2)3)28(14-40)19(13-31(26,36)47)17-6-7-21-29(34)10-9-23(42)33(38,39)22(29)8-11-30(21,35)32(17,37)25(44)24(28)43/h5-6,15,18-19,21-26,40,42-44,47H,7-14,34-39H2,1-4H3/b16-5-/t18-,19?,21?,22?,23-,24+,25-,26-,28-,29-,30-,31+,32+/m0/s1. The van der Waals surface area contributed by atoms with Crippen LogP contribution in [-0.4, -0.2) is 115 Å². The van der Waals surface area contributed by atoms with E-state index < -0.39 is 58.1 Å². The van der Waals surface area contributed by atoms with Gasteiger partial charge in [-0.05, 0) is 56.2 Å². The maximum absolute atomic E-state index is 13.6. The summed E-state index contributed by atoms with van der Waals surface area (Å²) < 4.78 is 5.31. The molecule has 5 aliphatic rings. The Morgan fingerprint density at radius 3 is 2.26 bits per heavy atom. The molecule has 14 heteroatoms. The summed E-state index contributed by atoms with van der Waals surface area (Å²) in [4.78, 5) is 26.8. The van der Waals surface area contributed by atoms with Crippen molar-refractivity contribution in [2.24, 2.45) is 35.0 Å². The zero-order valence-corrected chi connectivity index (χ0v) is 31.4. The minimum absolute atomic E-state index is 0.0114. The normalized spacial score (nSPS) is 49.1. The van der Waals surface area contributed by atoms with Gasteiger partial charge in [0.05, 0.1) is 18.8 Å². The number of ether oxygens (including phenoxy) is 1. The van der Waals surface area contributed by atoms with Crippen molar-refractivity contribution in [2.45, 2.75) is 123 Å². The average molecular weight is 662 g/mol. The van der Waals surface area contributed by atoms with Crippen molar-refractivity contribution in [3.8, 4) is 0 Å². The highest BCUT2D eigenvalue weighted by molar-refractivity contribution is 7.83. The van der Waals surface area contributed by atoms with Crippen LogP contribution in [0, 0.1) is 35.0 Å². The molecule has 254 valence electrons. The van der Waals surface area contributed by atoms with Crippen LogP contribution in [0.3, 0.4) is 0 Å². The number of rotatable bonds is 6. The van der Waals surface area contributed by atoms with Gasteiger partial charge in [0.2, 0.25) is 0 Å². The first-order valence-corrected chi connectivity index (χ1v) is 18.5. The molecule has 4 saturated carbocycles. The van der Waals surface area contributed by atoms with Crippen LogP contribution in [-0.2, 0) is 14.3 Å². The largest absolute Gasteiger partial charge is 0.458 e. The second-order valence-corrected chi connectivity index (χ2v) is 19.1. The fourth-order valence-corrected chi connectivity index (χ4v) is 12.6. The summed E-state index contributed by atoms with van der Waals surface area (Å²) in [5, 5.41) is 46.3. The minimum atomic E-state index is -1.37. The van der Waals surface area contributed by atoms with E-state index >= 15 is 0 Å². The molecular formula is C33H56B6O7S. The van der Waals surface area contributed by atoms with E-state index in [2.05, 4.69) is 45.3 Å². The van der Waals surface area contributed by atoms with Crippen LogP contribution in [0.5, 0.6) is 0 Å². The molecule has 0 heterocycles. The van der Waals surface area contributed by atoms with Crippen molar-refractivity contribution in [3.63, 3.8) is 0 Å². The number of allylic oxidation sites excluding steroid dienone is 2. The summed E-state index contributed by atoms with van der Waals surface area (Å²) in [7, 11) is 13.2. The summed E-state index contributed by atoms with van der Waals surface area (Å²) in [6.45, 7) is 6.63. The molecule has 0 radical (unpaired) electrons. The number of ketones is 1. The molecule has 0 aromatic carbocycles. The van der Waals surface area contributed by atoms with E-state index in [-0.39, 0.29) is 46.0 Å². The maximum atomic E-state index is 13.6. The highest BCUT2D eigenvalue weighted by Crippen LogP contribution is 2.81. The van der Waals surface area contributed by atoms with Crippen LogP contribution in [0.2, 0.25) is 21.2 Å². The monoisotopic (exact) mass is 662 g/mol. The molecule has 0 amide bonds. The van der Waals surface area contributed by atoms with Crippen LogP contribution in [0.4, 0.5) is 0 Å². The topological polar surface area (TPSA) is 124 Å². The van der Waals surface area contributed by atoms with Gasteiger partial charge >= 0.3 is 5.97 Å². The van der Waals surface area contributed by atoms with Gasteiger partial charge < -0.3 is 25.2 Å². The van der Waals surface area contributed by atoms with Gasteiger partial charge in [0.15, 0.2) is 0 Å². The smallest absolute Gasteiger partial charge is 0.333 e. The lowest BCUT2D eigenvalue weighted by molar-refractivity contribution is -0.218. The molecule has 0 aliphatic heterocycles. The van der Waals surface area contributed by atoms with Gasteiger partial charge in [0.25, 0.3) is 0 Å². The highest BCUT2D eigenvalue weighted by Gasteiger charge is 2.74. The molecule has 4 N–H and O–H groups in total. The van der Waals surface area contributed by atoms with E-state index in [9.17, 15) is 30.0 Å². The number of esters is 1. The fraction of sp³-hybridized carbons (Fsp3) is 0.818. The molecule has 0 saturated heterocycles. The first-order valence-electron chi connectivity index (χ1n) is 18.1. The number of fused-ring (bicyclic) bond motifs is 7. The van der Waals surface area contributed by atoms with Crippen molar-refractivity contribution in [3.05, 3.63) is 23.3 Å². The molecule has 7 nitrogen and oxygen atoms in total. The van der Waals surface area contributed by atoms with E-state index in [0.717, 1.165) is 37.7 Å². The van der Waals surface area contributed by atoms with Gasteiger partial charge in [0, 0.05) is 40.0 Å². The summed E-state index contributed by atoms with van der Waals surface area (Å²) in [6.07, 6.45) is 4.78. The van der Waals surface area contributed by atoms with E-state index in [1.54, 1.807) is 19.9 Å². The van der Waals surface area contributed by atoms with Crippen molar-refractivity contribution < 1.29 is 34.8 Å². The molecule has 0 spiro atoms. The number of carbonyl (C=O) groups excluding carboxylic acids is 2. The molecular weight excluding hydrogens is 605 g/mol. The number of thiol groups is 1. The quantitative estimate of drug-likeness (QED) is 0.0761. The number of hydrogen-bond donors (Lipinski definition) is 5. The maximum Gasteiger partial charge on any atom is 0.333 e. The van der Waals surface area contributed by atoms with Gasteiger partial charge in [-0.15, -0.1) is 0 Å². The Morgan fingerprint density at radius 2 is 1.68 bits per heavy atom. The number of aliphatic hydroxyl groups is 4. The van der Waals surface area contributed by atoms with Crippen LogP contribution in [0.25, 0.3) is 0 Å². The molecule has 5 rings (SSSR count). The molecule has 13 atom stereocenters. The first-order chi connectivity index (χ1) is 21.6. The Kier molecular flexibility index (Phi) is 9.69. The van der Waals surface area contributed by atoms with Crippen LogP contribution in [0.1, 0.15) is 72.6 Å². The van der Waals surface area contributed by atoms with Gasteiger partial charge in [-0.1, -0.05) is 66.7 Å². The van der Waals surface area contributed by atoms with Gasteiger partial charge in [-0.2, -0.15) is 12.6 Å². The van der Waals surface area contributed by atoms with Crippen LogP contribution < -0.4 is 0 Å². The molecule has 0 aromatic rings. The van der Waals surface area contributed by atoms with Gasteiger partial charge in [0.1, 0.15) is 59.0 Å². The van der Waals surface area contributed by atoms with E-state index in [1.165, 1.54) is 0 Å². The predicted molar refractivity (Wildman–Crippen MR) is 205 cm³/mol. The van der Waals surface area contributed by atoms with Crippen LogP contribution >= 0.6 is 12.6 Å². The van der Waals surface area contributed by atoms with Gasteiger partial charge in [-0.25, -0.2) is 4.79 Å². The number of carbonyl (C=O) groups is 2. The SMILES string of the molecule is BC1(B)C2CC[C@]3(B)C(CC=C4C5C[C@@](B)(S)[C@@H](OC(=O)/C(C)=C\C)[C@H](CC(=O)C(C)C)[C@]5(CO)[C@H](O)[C@H](O)[C@]43B)[C@@]2(B)CC[C@@H]1O. The third-order valence-corrected chi connectivity index (χ3v) is 15.9. The summed E-state index contributed by atoms with van der Waals surface area (Å²) in [6, 6.07) is 0. The highest BCUT2D eigenvalue weighted by atomic mass is 32.1. The number of aliphatic hydroxyl groups excluding tert-OH is 4. The zero-order valence-electron chi connectivity index (χ0n) is 30.5. The fourth-order valence-electron chi connectivity index (χ4n) is 12.2. The lowest BCUT2D eigenvalue weighted by Gasteiger charge is -2.74. The molecule has 0 bridgehead atoms. The van der Waals surface area contributed by atoms with Crippen LogP contribution in [0.15, 0.2) is 23.3 Å². The summed E-state index contributed by atoms with van der Waals surface area (Å²) in [5.74, 6) is -1.48. The number of hydrogen-bond acceptors (Lipinski definition) is 8. The average Bonchev–Trinajstić information content (AvgIpc) is 2.99. The van der Waals surface area contributed by atoms with Crippen molar-refractivity contribution in [2.75, 3.05) is 6.61 Å². The molecule has 47 heavy (non-hydrogen) atoms. The Labute approximate surface area is 293 Å². The zero-order chi connectivity index (χ0) is 35.3. The Morgan fingerprint density at radius 1 is 1.04 bits per heavy atom. The third kappa shape index (κ3) is 5.05. The molecule has 3 unspecified atom stereocenters. The van der Waals surface area contributed by atoms with Crippen molar-refractivity contribution in [1.29, 1.82) is 0 Å². The lowest BCUT2D eigenvalue weighted by atomic mass is 9.20. The summed E-state index contributed by atoms with van der Waals surface area (Å²) in [5.41, 5.74) is 0.140. The first kappa shape index (κ1) is 37.5. The van der Waals surface area contributed by atoms with E-state index in [0.29, 0.717) is 17.9 Å². The second-order valence-electron chi connectivity index (χ2n) is 18.0. The van der Waals surface area contributed by atoms with Gasteiger partial charge in [-0.3, -0.25) is 4.79 Å². The van der Waals surface area contributed by atoms with Crippen molar-refractivity contribution in [1.82, 2.24) is 0 Å². The van der Waals surface area contributed by atoms with E-state index in [1.807, 2.05) is 21.7 Å².